The molecule has 0 unspecified atom stereocenters. The van der Waals surface area contributed by atoms with Crippen LogP contribution in [0.25, 0.3) is 0 Å². The van der Waals surface area contributed by atoms with Crippen LogP contribution in [-0.4, -0.2) is 52.9 Å². The molecule has 23 heavy (non-hydrogen) atoms. The summed E-state index contributed by atoms with van der Waals surface area (Å²) in [6, 6.07) is 0. The van der Waals surface area contributed by atoms with E-state index in [0.717, 1.165) is 32.4 Å². The number of nitrogens with zero attached hydrogens (tertiary/aromatic N) is 3. The third-order valence-electron chi connectivity index (χ3n) is 3.95. The maximum atomic E-state index is 12.5. The number of piperidine rings is 1. The first-order valence-corrected chi connectivity index (χ1v) is 8.08. The lowest BCUT2D eigenvalue weighted by Gasteiger charge is -2.31. The first-order chi connectivity index (χ1) is 10.4. The molecule has 132 valence electrons. The first-order valence-electron chi connectivity index (χ1n) is 8.08. The largest absolute Gasteiger partial charge is 0.378 e. The normalized spacial score (nSPS) is 16.3. The molecule has 2 heterocycles. The highest BCUT2D eigenvalue weighted by Gasteiger charge is 2.25. The molecule has 2 N–H and O–H groups in total. The Hall–Kier alpha value is -1.11. The van der Waals surface area contributed by atoms with Gasteiger partial charge in [-0.2, -0.15) is 5.10 Å². The zero-order valence-electron chi connectivity index (χ0n) is 14.3. The fourth-order valence-corrected chi connectivity index (χ4v) is 2.54. The Morgan fingerprint density at radius 1 is 1.39 bits per heavy atom. The molecule has 0 bridgehead atoms. The Morgan fingerprint density at radius 2 is 2.04 bits per heavy atom. The quantitative estimate of drug-likeness (QED) is 0.829. The summed E-state index contributed by atoms with van der Waals surface area (Å²) in [7, 11) is 0. The first kappa shape index (κ1) is 19.9. The van der Waals surface area contributed by atoms with Crippen LogP contribution in [0.15, 0.2) is 12.4 Å². The van der Waals surface area contributed by atoms with Crippen LogP contribution in [0.1, 0.15) is 50.4 Å². The van der Waals surface area contributed by atoms with Crippen LogP contribution in [0.4, 0.5) is 0 Å². The van der Waals surface area contributed by atoms with Crippen LogP contribution in [0.5, 0.6) is 0 Å². The topological polar surface area (TPSA) is 73.4 Å². The predicted molar refractivity (Wildman–Crippen MR) is 93.0 cm³/mol. The van der Waals surface area contributed by atoms with Crippen molar-refractivity contribution in [3.8, 4) is 0 Å². The lowest BCUT2D eigenvalue weighted by molar-refractivity contribution is 0.00844. The van der Waals surface area contributed by atoms with E-state index in [1.807, 2.05) is 15.8 Å². The number of amides is 1. The van der Waals surface area contributed by atoms with Gasteiger partial charge in [0.15, 0.2) is 0 Å². The van der Waals surface area contributed by atoms with E-state index in [9.17, 15) is 4.79 Å². The average molecular weight is 345 g/mol. The van der Waals surface area contributed by atoms with Crippen LogP contribution in [0.3, 0.4) is 0 Å². The Morgan fingerprint density at radius 3 is 2.57 bits per heavy atom. The SMILES string of the molecule is CC(C)(C)n1cc(C(=O)N2CCC(OCCCN)CC2)cn1.Cl. The van der Waals surface area contributed by atoms with Crippen molar-refractivity contribution in [2.45, 2.75) is 51.7 Å². The van der Waals surface area contributed by atoms with Gasteiger partial charge in [-0.25, -0.2) is 0 Å². The highest BCUT2D eigenvalue weighted by atomic mass is 35.5. The minimum absolute atomic E-state index is 0. The number of hydrogen-bond donors (Lipinski definition) is 1. The van der Waals surface area contributed by atoms with Gasteiger partial charge in [-0.3, -0.25) is 9.48 Å². The second kappa shape index (κ2) is 8.66. The highest BCUT2D eigenvalue weighted by Crippen LogP contribution is 2.18. The van der Waals surface area contributed by atoms with Crippen molar-refractivity contribution < 1.29 is 9.53 Å². The van der Waals surface area contributed by atoms with Gasteiger partial charge < -0.3 is 15.4 Å². The van der Waals surface area contributed by atoms with E-state index in [1.54, 1.807) is 6.20 Å². The number of hydrogen-bond acceptors (Lipinski definition) is 4. The molecule has 1 fully saturated rings. The van der Waals surface area contributed by atoms with Gasteiger partial charge in [0.25, 0.3) is 5.91 Å². The molecule has 0 aliphatic carbocycles. The molecule has 0 radical (unpaired) electrons. The van der Waals surface area contributed by atoms with Gasteiger partial charge in [0.2, 0.25) is 0 Å². The summed E-state index contributed by atoms with van der Waals surface area (Å²) in [6.07, 6.45) is 6.44. The molecule has 2 rings (SSSR count). The summed E-state index contributed by atoms with van der Waals surface area (Å²) < 4.78 is 7.61. The molecule has 1 aromatic rings. The molecular formula is C16H29ClN4O2. The summed E-state index contributed by atoms with van der Waals surface area (Å²) in [4.78, 5) is 14.4. The number of ether oxygens (including phenoxy) is 1. The summed E-state index contributed by atoms with van der Waals surface area (Å²) >= 11 is 0. The molecule has 1 amide bonds. The van der Waals surface area contributed by atoms with Crippen molar-refractivity contribution in [2.24, 2.45) is 5.73 Å². The summed E-state index contributed by atoms with van der Waals surface area (Å²) in [5, 5.41) is 4.30. The lowest BCUT2D eigenvalue weighted by atomic mass is 10.1. The maximum absolute atomic E-state index is 12.5. The van der Waals surface area contributed by atoms with Gasteiger partial charge in [-0.15, -0.1) is 12.4 Å². The maximum Gasteiger partial charge on any atom is 0.257 e. The van der Waals surface area contributed by atoms with E-state index < -0.39 is 0 Å². The molecule has 0 saturated carbocycles. The number of aromatic nitrogens is 2. The van der Waals surface area contributed by atoms with Crippen LogP contribution < -0.4 is 5.73 Å². The summed E-state index contributed by atoms with van der Waals surface area (Å²) in [5.41, 5.74) is 6.02. The summed E-state index contributed by atoms with van der Waals surface area (Å²) in [5.74, 6) is 0.0657. The van der Waals surface area contributed by atoms with Crippen molar-refractivity contribution in [3.05, 3.63) is 18.0 Å². The molecule has 7 heteroatoms. The third kappa shape index (κ3) is 5.48. The van der Waals surface area contributed by atoms with Crippen molar-refractivity contribution in [3.63, 3.8) is 0 Å². The third-order valence-corrected chi connectivity index (χ3v) is 3.95. The van der Waals surface area contributed by atoms with Gasteiger partial charge in [0, 0.05) is 25.9 Å². The Balaban J connectivity index is 0.00000264. The smallest absolute Gasteiger partial charge is 0.257 e. The average Bonchev–Trinajstić information content (AvgIpc) is 2.97. The van der Waals surface area contributed by atoms with Crippen molar-refractivity contribution in [1.29, 1.82) is 0 Å². The van der Waals surface area contributed by atoms with Gasteiger partial charge in [-0.05, 0) is 46.6 Å². The fourth-order valence-electron chi connectivity index (χ4n) is 2.54. The zero-order chi connectivity index (χ0) is 16.2. The van der Waals surface area contributed by atoms with Crippen LogP contribution in [-0.2, 0) is 10.3 Å². The van der Waals surface area contributed by atoms with Gasteiger partial charge in [-0.1, -0.05) is 0 Å². The van der Waals surface area contributed by atoms with Crippen LogP contribution >= 0.6 is 12.4 Å². The molecule has 6 nitrogen and oxygen atoms in total. The number of likely N-dealkylation sites (tertiary alicyclic amines) is 1. The Labute approximate surface area is 144 Å². The van der Waals surface area contributed by atoms with Crippen LogP contribution in [0, 0.1) is 0 Å². The highest BCUT2D eigenvalue weighted by molar-refractivity contribution is 5.93. The predicted octanol–water partition coefficient (Wildman–Crippen LogP) is 2.03. The molecule has 0 spiro atoms. The van der Waals surface area contributed by atoms with Gasteiger partial charge in [0.1, 0.15) is 0 Å². The van der Waals surface area contributed by atoms with E-state index in [0.29, 0.717) is 18.7 Å². The monoisotopic (exact) mass is 344 g/mol. The Kier molecular flexibility index (Phi) is 7.51. The zero-order valence-corrected chi connectivity index (χ0v) is 15.1. The molecule has 1 aliphatic heterocycles. The number of halogens is 1. The van der Waals surface area contributed by atoms with E-state index in [4.69, 9.17) is 10.5 Å². The van der Waals surface area contributed by atoms with E-state index >= 15 is 0 Å². The molecule has 0 aromatic carbocycles. The number of nitrogens with two attached hydrogens (primary N) is 1. The van der Waals surface area contributed by atoms with E-state index in [1.165, 1.54) is 0 Å². The number of rotatable bonds is 5. The van der Waals surface area contributed by atoms with Crippen LogP contribution in [0.2, 0.25) is 0 Å². The molecule has 1 aliphatic rings. The van der Waals surface area contributed by atoms with Crippen molar-refractivity contribution >= 4 is 18.3 Å². The molecule has 0 atom stereocenters. The lowest BCUT2D eigenvalue weighted by Crippen LogP contribution is -2.41. The molecule has 1 saturated heterocycles. The van der Waals surface area contributed by atoms with Gasteiger partial charge >= 0.3 is 0 Å². The van der Waals surface area contributed by atoms with E-state index in [-0.39, 0.29) is 30.0 Å². The van der Waals surface area contributed by atoms with E-state index in [2.05, 4.69) is 25.9 Å². The standard InChI is InChI=1S/C16H28N4O2.ClH/c1-16(2,3)20-12-13(11-18-20)15(21)19-8-5-14(6-9-19)22-10-4-7-17;/h11-12,14H,4-10,17H2,1-3H3;1H. The number of carbonyl (C=O) groups is 1. The number of carbonyl (C=O) groups excluding carboxylic acids is 1. The second-order valence-corrected chi connectivity index (χ2v) is 6.85. The minimum Gasteiger partial charge on any atom is -0.378 e. The second-order valence-electron chi connectivity index (χ2n) is 6.85. The summed E-state index contributed by atoms with van der Waals surface area (Å²) in [6.45, 7) is 9.07. The minimum atomic E-state index is -0.109. The fraction of sp³-hybridized carbons (Fsp3) is 0.750. The molecular weight excluding hydrogens is 316 g/mol. The van der Waals surface area contributed by atoms with Crippen molar-refractivity contribution in [1.82, 2.24) is 14.7 Å². The van der Waals surface area contributed by atoms with Crippen molar-refractivity contribution in [2.75, 3.05) is 26.2 Å². The molecule has 1 aromatic heterocycles. The van der Waals surface area contributed by atoms with Gasteiger partial charge in [0.05, 0.1) is 23.4 Å². The Bertz CT molecular complexity index is 491.